The molecule has 3 aromatic rings. The first-order valence-corrected chi connectivity index (χ1v) is 9.04. The second-order valence-electron chi connectivity index (χ2n) is 5.52. The average Bonchev–Trinajstić information content (AvgIpc) is 3.28. The number of thiazole rings is 1. The summed E-state index contributed by atoms with van der Waals surface area (Å²) in [6, 6.07) is 9.89. The van der Waals surface area contributed by atoms with Crippen molar-refractivity contribution in [1.82, 2.24) is 25.2 Å². The van der Waals surface area contributed by atoms with E-state index in [0.717, 1.165) is 30.0 Å². The summed E-state index contributed by atoms with van der Waals surface area (Å²) in [7, 11) is 0. The summed E-state index contributed by atoms with van der Waals surface area (Å²) in [4.78, 5) is 16.5. The molecule has 0 aliphatic carbocycles. The zero-order valence-corrected chi connectivity index (χ0v) is 14.8. The van der Waals surface area contributed by atoms with Crippen LogP contribution in [0.4, 0.5) is 0 Å². The smallest absolute Gasteiger partial charge is 0.312 e. The maximum atomic E-state index is 12.0. The molecule has 7 nitrogen and oxygen atoms in total. The van der Waals surface area contributed by atoms with Gasteiger partial charge < -0.3 is 4.74 Å². The topological polar surface area (TPSA) is 82.8 Å². The van der Waals surface area contributed by atoms with Gasteiger partial charge >= 0.3 is 5.97 Å². The Hall–Kier alpha value is -2.61. The molecule has 0 aliphatic heterocycles. The van der Waals surface area contributed by atoms with E-state index in [-0.39, 0.29) is 19.0 Å². The Kier molecular flexibility index (Phi) is 5.84. The Labute approximate surface area is 149 Å². The molecule has 1 aromatic carbocycles. The molecule has 0 radical (unpaired) electrons. The molecule has 0 N–H and O–H groups in total. The molecular formula is C17H19N5O2S. The lowest BCUT2D eigenvalue weighted by Crippen LogP contribution is -2.12. The number of unbranched alkanes of at least 4 members (excludes halogenated alkanes) is 1. The first kappa shape index (κ1) is 17.2. The van der Waals surface area contributed by atoms with Crippen LogP contribution >= 0.6 is 11.3 Å². The van der Waals surface area contributed by atoms with Crippen LogP contribution in [0.15, 0.2) is 35.7 Å². The number of rotatable bonds is 8. The molecule has 25 heavy (non-hydrogen) atoms. The quantitative estimate of drug-likeness (QED) is 0.577. The number of aromatic nitrogens is 5. The van der Waals surface area contributed by atoms with Gasteiger partial charge in [-0.25, -0.2) is 9.67 Å². The molecular weight excluding hydrogens is 338 g/mol. The highest BCUT2D eigenvalue weighted by Gasteiger charge is 2.12. The minimum absolute atomic E-state index is 0.0746. The van der Waals surface area contributed by atoms with E-state index in [4.69, 9.17) is 4.74 Å². The SMILES string of the molecule is CCCCn1nnnc1COC(=O)Cc1csc(-c2ccccc2)n1. The third kappa shape index (κ3) is 4.69. The van der Waals surface area contributed by atoms with Crippen molar-refractivity contribution in [2.24, 2.45) is 0 Å². The second kappa shape index (κ2) is 8.48. The largest absolute Gasteiger partial charge is 0.457 e. The third-order valence-electron chi connectivity index (χ3n) is 3.59. The van der Waals surface area contributed by atoms with Crippen molar-refractivity contribution in [1.29, 1.82) is 0 Å². The molecule has 0 bridgehead atoms. The highest BCUT2D eigenvalue weighted by atomic mass is 32.1. The zero-order chi connectivity index (χ0) is 17.5. The molecule has 0 atom stereocenters. The van der Waals surface area contributed by atoms with Gasteiger partial charge in [0.05, 0.1) is 12.1 Å². The Balaban J connectivity index is 1.53. The van der Waals surface area contributed by atoms with Gasteiger partial charge in [-0.15, -0.1) is 16.4 Å². The van der Waals surface area contributed by atoms with Crippen molar-refractivity contribution in [3.8, 4) is 10.6 Å². The number of carbonyl (C=O) groups excluding carboxylic acids is 1. The maximum Gasteiger partial charge on any atom is 0.312 e. The lowest BCUT2D eigenvalue weighted by molar-refractivity contribution is -0.144. The first-order chi connectivity index (χ1) is 12.3. The number of hydrogen-bond acceptors (Lipinski definition) is 7. The molecule has 2 heterocycles. The Morgan fingerprint density at radius 3 is 2.92 bits per heavy atom. The number of carbonyl (C=O) groups is 1. The standard InChI is InChI=1S/C17H19N5O2S/c1-2-3-9-22-15(19-20-21-22)11-24-16(23)10-14-12-25-17(18-14)13-7-5-4-6-8-13/h4-8,12H,2-3,9-11H2,1H3. The van der Waals surface area contributed by atoms with Crippen LogP contribution in [0.25, 0.3) is 10.6 Å². The van der Waals surface area contributed by atoms with Crippen molar-refractivity contribution in [2.75, 3.05) is 0 Å². The molecule has 0 spiro atoms. The van der Waals surface area contributed by atoms with E-state index in [1.54, 1.807) is 4.68 Å². The Morgan fingerprint density at radius 1 is 1.28 bits per heavy atom. The van der Waals surface area contributed by atoms with Crippen LogP contribution in [0.1, 0.15) is 31.3 Å². The fourth-order valence-electron chi connectivity index (χ4n) is 2.25. The molecule has 3 rings (SSSR count). The summed E-state index contributed by atoms with van der Waals surface area (Å²) in [5.41, 5.74) is 1.75. The molecule has 8 heteroatoms. The summed E-state index contributed by atoms with van der Waals surface area (Å²) in [5, 5.41) is 14.2. The number of nitrogens with zero attached hydrogens (tertiary/aromatic N) is 5. The number of tetrazole rings is 1. The van der Waals surface area contributed by atoms with E-state index < -0.39 is 0 Å². The van der Waals surface area contributed by atoms with Gasteiger partial charge in [-0.05, 0) is 16.8 Å². The summed E-state index contributed by atoms with van der Waals surface area (Å²) in [6.45, 7) is 2.90. The predicted molar refractivity (Wildman–Crippen MR) is 93.8 cm³/mol. The normalized spacial score (nSPS) is 10.8. The predicted octanol–water partition coefficient (Wildman–Crippen LogP) is 2.88. The molecule has 0 amide bonds. The highest BCUT2D eigenvalue weighted by molar-refractivity contribution is 7.13. The summed E-state index contributed by atoms with van der Waals surface area (Å²) >= 11 is 1.52. The van der Waals surface area contributed by atoms with Gasteiger partial charge in [-0.2, -0.15) is 0 Å². The highest BCUT2D eigenvalue weighted by Crippen LogP contribution is 2.23. The van der Waals surface area contributed by atoms with Gasteiger partial charge in [-0.1, -0.05) is 43.7 Å². The van der Waals surface area contributed by atoms with Crippen molar-refractivity contribution >= 4 is 17.3 Å². The van der Waals surface area contributed by atoms with Crippen molar-refractivity contribution in [3.63, 3.8) is 0 Å². The van der Waals surface area contributed by atoms with Crippen molar-refractivity contribution in [2.45, 2.75) is 39.3 Å². The monoisotopic (exact) mass is 357 g/mol. The molecule has 0 saturated carbocycles. The van der Waals surface area contributed by atoms with Crippen LogP contribution < -0.4 is 0 Å². The zero-order valence-electron chi connectivity index (χ0n) is 14.0. The molecule has 0 fully saturated rings. The van der Waals surface area contributed by atoms with E-state index in [1.807, 2.05) is 35.7 Å². The van der Waals surface area contributed by atoms with Gasteiger partial charge in [0, 0.05) is 17.5 Å². The van der Waals surface area contributed by atoms with Crippen LogP contribution in [0.5, 0.6) is 0 Å². The molecule has 0 unspecified atom stereocenters. The number of benzene rings is 1. The first-order valence-electron chi connectivity index (χ1n) is 8.16. The minimum atomic E-state index is -0.338. The fourth-order valence-corrected chi connectivity index (χ4v) is 3.08. The Morgan fingerprint density at radius 2 is 2.12 bits per heavy atom. The summed E-state index contributed by atoms with van der Waals surface area (Å²) in [6.07, 6.45) is 2.17. The number of hydrogen-bond donors (Lipinski definition) is 0. The third-order valence-corrected chi connectivity index (χ3v) is 4.53. The summed E-state index contributed by atoms with van der Waals surface area (Å²) < 4.78 is 6.96. The van der Waals surface area contributed by atoms with Crippen LogP contribution in [0, 0.1) is 0 Å². The van der Waals surface area contributed by atoms with Gasteiger partial charge in [0.25, 0.3) is 0 Å². The number of aryl methyl sites for hydroxylation is 1. The van der Waals surface area contributed by atoms with Gasteiger partial charge in [0.15, 0.2) is 12.4 Å². The van der Waals surface area contributed by atoms with Crippen LogP contribution in [-0.4, -0.2) is 31.2 Å². The summed E-state index contributed by atoms with van der Waals surface area (Å²) in [5.74, 6) is 0.222. The van der Waals surface area contributed by atoms with E-state index in [9.17, 15) is 4.79 Å². The van der Waals surface area contributed by atoms with Crippen LogP contribution in [0.2, 0.25) is 0 Å². The van der Waals surface area contributed by atoms with Gasteiger partial charge in [-0.3, -0.25) is 4.79 Å². The van der Waals surface area contributed by atoms with E-state index in [1.165, 1.54) is 11.3 Å². The molecule has 0 aliphatic rings. The lowest BCUT2D eigenvalue weighted by atomic mass is 10.2. The van der Waals surface area contributed by atoms with Crippen molar-refractivity contribution < 1.29 is 9.53 Å². The van der Waals surface area contributed by atoms with Gasteiger partial charge in [0.2, 0.25) is 0 Å². The second-order valence-corrected chi connectivity index (χ2v) is 6.38. The van der Waals surface area contributed by atoms with Crippen molar-refractivity contribution in [3.05, 3.63) is 47.2 Å². The minimum Gasteiger partial charge on any atom is -0.457 e. The Bertz CT molecular complexity index is 815. The van der Waals surface area contributed by atoms with Crippen LogP contribution in [0.3, 0.4) is 0 Å². The van der Waals surface area contributed by atoms with E-state index in [2.05, 4.69) is 27.4 Å². The molecule has 2 aromatic heterocycles. The van der Waals surface area contributed by atoms with E-state index >= 15 is 0 Å². The van der Waals surface area contributed by atoms with Gasteiger partial charge in [0.1, 0.15) is 5.01 Å². The van der Waals surface area contributed by atoms with E-state index in [0.29, 0.717) is 11.5 Å². The van der Waals surface area contributed by atoms with Crippen LogP contribution in [-0.2, 0) is 29.1 Å². The number of esters is 1. The molecule has 0 saturated heterocycles. The lowest BCUT2D eigenvalue weighted by Gasteiger charge is -2.04. The molecule has 130 valence electrons. The maximum absolute atomic E-state index is 12.0. The average molecular weight is 357 g/mol. The number of ether oxygens (including phenoxy) is 1. The fraction of sp³-hybridized carbons (Fsp3) is 0.353.